The largest absolute Gasteiger partial charge is 0.468 e. The minimum atomic E-state index is -3.76. The molecule has 0 spiro atoms. The van der Waals surface area contributed by atoms with Crippen molar-refractivity contribution in [3.05, 3.63) is 35.9 Å². The normalized spacial score (nSPS) is 10.9. The number of sulfone groups is 1. The lowest BCUT2D eigenvalue weighted by atomic mass is 10.2. The number of benzene rings is 1. The summed E-state index contributed by atoms with van der Waals surface area (Å²) in [5, 5.41) is 0. The van der Waals surface area contributed by atoms with Gasteiger partial charge >= 0.3 is 5.97 Å². The van der Waals surface area contributed by atoms with Gasteiger partial charge in [0.15, 0.2) is 15.6 Å². The fourth-order valence-electron chi connectivity index (χ4n) is 1.20. The Morgan fingerprint density at radius 1 is 1.12 bits per heavy atom. The molecule has 0 atom stereocenters. The monoisotopic (exact) mass is 256 g/mol. The van der Waals surface area contributed by atoms with Crippen LogP contribution in [0.5, 0.6) is 0 Å². The summed E-state index contributed by atoms with van der Waals surface area (Å²) < 4.78 is 27.2. The molecule has 0 amide bonds. The molecule has 1 rings (SSSR count). The van der Waals surface area contributed by atoms with Crippen molar-refractivity contribution in [2.45, 2.75) is 0 Å². The maximum absolute atomic E-state index is 11.6. The molecule has 0 unspecified atom stereocenters. The molecule has 0 saturated carbocycles. The second-order valence-electron chi connectivity index (χ2n) is 3.40. The fraction of sp³-hybridized carbons (Fsp3) is 0.273. The number of rotatable bonds is 5. The molecule has 0 aliphatic carbocycles. The van der Waals surface area contributed by atoms with Gasteiger partial charge in [-0.1, -0.05) is 30.3 Å². The van der Waals surface area contributed by atoms with Crippen LogP contribution in [0.25, 0.3) is 0 Å². The third-order valence-corrected chi connectivity index (χ3v) is 3.39. The Balaban J connectivity index is 2.72. The lowest BCUT2D eigenvalue weighted by molar-refractivity contribution is -0.137. The van der Waals surface area contributed by atoms with Crippen molar-refractivity contribution in [1.29, 1.82) is 0 Å². The quantitative estimate of drug-likeness (QED) is 0.565. The number of hydrogen-bond donors (Lipinski definition) is 0. The van der Waals surface area contributed by atoms with E-state index in [4.69, 9.17) is 0 Å². The van der Waals surface area contributed by atoms with Crippen molar-refractivity contribution in [3.8, 4) is 0 Å². The van der Waals surface area contributed by atoms with Gasteiger partial charge in [-0.3, -0.25) is 9.59 Å². The number of carbonyl (C=O) groups excluding carboxylic acids is 2. The van der Waals surface area contributed by atoms with Crippen molar-refractivity contribution in [1.82, 2.24) is 0 Å². The van der Waals surface area contributed by atoms with Crippen LogP contribution in [0.3, 0.4) is 0 Å². The minimum Gasteiger partial charge on any atom is -0.468 e. The fourth-order valence-corrected chi connectivity index (χ4v) is 2.34. The van der Waals surface area contributed by atoms with Crippen molar-refractivity contribution >= 4 is 21.6 Å². The van der Waals surface area contributed by atoms with Gasteiger partial charge in [0, 0.05) is 5.56 Å². The van der Waals surface area contributed by atoms with E-state index in [1.165, 1.54) is 12.1 Å². The zero-order valence-corrected chi connectivity index (χ0v) is 10.1. The van der Waals surface area contributed by atoms with Gasteiger partial charge < -0.3 is 4.74 Å². The maximum atomic E-state index is 11.6. The molecule has 5 nitrogen and oxygen atoms in total. The van der Waals surface area contributed by atoms with Gasteiger partial charge in [-0.05, 0) is 0 Å². The van der Waals surface area contributed by atoms with Crippen LogP contribution < -0.4 is 0 Å². The van der Waals surface area contributed by atoms with Gasteiger partial charge in [0.2, 0.25) is 0 Å². The molecule has 0 heterocycles. The molecular weight excluding hydrogens is 244 g/mol. The molecule has 0 radical (unpaired) electrons. The van der Waals surface area contributed by atoms with Crippen molar-refractivity contribution in [3.63, 3.8) is 0 Å². The second-order valence-corrected chi connectivity index (χ2v) is 5.46. The number of hydrogen-bond acceptors (Lipinski definition) is 5. The predicted molar refractivity (Wildman–Crippen MR) is 61.4 cm³/mol. The summed E-state index contributed by atoms with van der Waals surface area (Å²) >= 11 is 0. The van der Waals surface area contributed by atoms with Crippen LogP contribution in [-0.2, 0) is 19.4 Å². The van der Waals surface area contributed by atoms with Crippen molar-refractivity contribution < 1.29 is 22.7 Å². The first-order valence-corrected chi connectivity index (χ1v) is 6.62. The number of ether oxygens (including phenoxy) is 1. The molecule has 0 aliphatic heterocycles. The lowest BCUT2D eigenvalue weighted by Crippen LogP contribution is -2.24. The van der Waals surface area contributed by atoms with Gasteiger partial charge in [0.25, 0.3) is 0 Å². The van der Waals surface area contributed by atoms with E-state index in [-0.39, 0.29) is 0 Å². The summed E-state index contributed by atoms with van der Waals surface area (Å²) in [4.78, 5) is 22.4. The summed E-state index contributed by atoms with van der Waals surface area (Å²) in [5.74, 6) is -2.87. The Morgan fingerprint density at radius 3 is 2.24 bits per heavy atom. The third-order valence-electron chi connectivity index (χ3n) is 2.01. The van der Waals surface area contributed by atoms with E-state index in [0.29, 0.717) is 5.56 Å². The van der Waals surface area contributed by atoms with Crippen LogP contribution in [-0.4, -0.2) is 38.8 Å². The first kappa shape index (κ1) is 13.4. The Morgan fingerprint density at radius 2 is 1.71 bits per heavy atom. The summed E-state index contributed by atoms with van der Waals surface area (Å²) in [6, 6.07) is 8.05. The first-order chi connectivity index (χ1) is 7.94. The number of carbonyl (C=O) groups is 2. The highest BCUT2D eigenvalue weighted by Crippen LogP contribution is 2.03. The van der Waals surface area contributed by atoms with E-state index >= 15 is 0 Å². The summed E-state index contributed by atoms with van der Waals surface area (Å²) in [6.07, 6.45) is 0. The van der Waals surface area contributed by atoms with Crippen molar-refractivity contribution in [2.75, 3.05) is 18.6 Å². The highest BCUT2D eigenvalue weighted by Gasteiger charge is 2.21. The van der Waals surface area contributed by atoms with Gasteiger partial charge in [-0.15, -0.1) is 0 Å². The minimum absolute atomic E-state index is 0.306. The molecule has 1 aromatic rings. The highest BCUT2D eigenvalue weighted by atomic mass is 32.2. The van der Waals surface area contributed by atoms with E-state index in [1.54, 1.807) is 18.2 Å². The molecule has 0 aromatic heterocycles. The van der Waals surface area contributed by atoms with E-state index in [2.05, 4.69) is 4.74 Å². The standard InChI is InChI=1S/C11H12O5S/c1-16-11(13)8-17(14,15)7-10(12)9-5-3-2-4-6-9/h2-6H,7-8H2,1H3. The van der Waals surface area contributed by atoms with Gasteiger partial charge in [0.05, 0.1) is 7.11 Å². The zero-order chi connectivity index (χ0) is 12.9. The molecule has 0 fully saturated rings. The molecule has 1 aromatic carbocycles. The van der Waals surface area contributed by atoms with E-state index in [0.717, 1.165) is 7.11 Å². The molecule has 0 bridgehead atoms. The van der Waals surface area contributed by atoms with Crippen molar-refractivity contribution in [2.24, 2.45) is 0 Å². The Bertz CT molecular complexity index is 504. The number of Topliss-reactive ketones (excluding diaryl/α,β-unsaturated/α-hetero) is 1. The van der Waals surface area contributed by atoms with Crippen LogP contribution in [0.1, 0.15) is 10.4 Å². The van der Waals surface area contributed by atoms with E-state index in [9.17, 15) is 18.0 Å². The molecule has 92 valence electrons. The summed E-state index contributed by atoms with van der Waals surface area (Å²) in [6.45, 7) is 0. The first-order valence-electron chi connectivity index (χ1n) is 4.80. The van der Waals surface area contributed by atoms with Gasteiger partial charge in [-0.25, -0.2) is 8.42 Å². The third kappa shape index (κ3) is 4.36. The van der Waals surface area contributed by atoms with Gasteiger partial charge in [-0.2, -0.15) is 0 Å². The van der Waals surface area contributed by atoms with Crippen LogP contribution in [0.2, 0.25) is 0 Å². The topological polar surface area (TPSA) is 77.5 Å². The smallest absolute Gasteiger partial charge is 0.320 e. The lowest BCUT2D eigenvalue weighted by Gasteiger charge is -2.02. The molecule has 17 heavy (non-hydrogen) atoms. The SMILES string of the molecule is COC(=O)CS(=O)(=O)CC(=O)c1ccccc1. The van der Waals surface area contributed by atoms with Crippen LogP contribution in [0.4, 0.5) is 0 Å². The number of methoxy groups -OCH3 is 1. The predicted octanol–water partition coefficient (Wildman–Crippen LogP) is 0.457. The Kier molecular flexibility index (Phi) is 4.39. The highest BCUT2D eigenvalue weighted by molar-refractivity contribution is 7.92. The van der Waals surface area contributed by atoms with Crippen LogP contribution in [0.15, 0.2) is 30.3 Å². The summed E-state index contributed by atoms with van der Waals surface area (Å²) in [5.41, 5.74) is 0.306. The molecule has 6 heteroatoms. The summed E-state index contributed by atoms with van der Waals surface area (Å²) in [7, 11) is -2.67. The van der Waals surface area contributed by atoms with E-state index < -0.39 is 33.1 Å². The van der Waals surface area contributed by atoms with Crippen LogP contribution >= 0.6 is 0 Å². The maximum Gasteiger partial charge on any atom is 0.320 e. The average Bonchev–Trinajstić information content (AvgIpc) is 2.28. The second kappa shape index (κ2) is 5.58. The average molecular weight is 256 g/mol. The number of ketones is 1. The zero-order valence-electron chi connectivity index (χ0n) is 9.25. The molecule has 0 aliphatic rings. The molecule has 0 saturated heterocycles. The number of esters is 1. The van der Waals surface area contributed by atoms with Crippen LogP contribution in [0, 0.1) is 0 Å². The Hall–Kier alpha value is -1.69. The molecular formula is C11H12O5S. The van der Waals surface area contributed by atoms with Gasteiger partial charge in [0.1, 0.15) is 11.5 Å². The van der Waals surface area contributed by atoms with E-state index in [1.807, 2.05) is 0 Å². The Labute approximate surface area is 99.3 Å². The molecule has 0 N–H and O–H groups in total.